The Labute approximate surface area is 140 Å². The number of carbonyl (C=O) groups is 3. The molecule has 1 spiro atoms. The summed E-state index contributed by atoms with van der Waals surface area (Å²) in [5.74, 6) is -0.386. The first-order valence-electron chi connectivity index (χ1n) is 8.17. The lowest BCUT2D eigenvalue weighted by Crippen LogP contribution is -2.46. The van der Waals surface area contributed by atoms with Gasteiger partial charge in [0.05, 0.1) is 6.54 Å². The van der Waals surface area contributed by atoms with Gasteiger partial charge in [-0.2, -0.15) is 0 Å². The Kier molecular flexibility index (Phi) is 4.27. The van der Waals surface area contributed by atoms with Crippen LogP contribution in [0, 0.1) is 13.8 Å². The minimum absolute atomic E-state index is 0.163. The Morgan fingerprint density at radius 3 is 2.43 bits per heavy atom. The third-order valence-electron chi connectivity index (χ3n) is 4.85. The molecule has 1 N–H and O–H groups in total. The van der Waals surface area contributed by atoms with E-state index >= 15 is 0 Å². The third-order valence-corrected chi connectivity index (χ3v) is 5.81. The number of thiophene rings is 1. The van der Waals surface area contributed by atoms with E-state index in [1.54, 1.807) is 11.3 Å². The zero-order valence-electron chi connectivity index (χ0n) is 13.6. The van der Waals surface area contributed by atoms with Crippen LogP contribution in [0.3, 0.4) is 0 Å². The second-order valence-corrected chi connectivity index (χ2v) is 8.03. The molecule has 0 unspecified atom stereocenters. The average molecular weight is 334 g/mol. The average Bonchev–Trinajstić information content (AvgIpc) is 2.82. The van der Waals surface area contributed by atoms with E-state index in [1.807, 2.05) is 19.9 Å². The largest absolute Gasteiger partial charge is 0.325 e. The lowest BCUT2D eigenvalue weighted by molar-refractivity contribution is -0.131. The molecule has 0 radical (unpaired) electrons. The predicted octanol–water partition coefficient (Wildman–Crippen LogP) is 3.19. The predicted molar refractivity (Wildman–Crippen MR) is 88.8 cm³/mol. The zero-order valence-corrected chi connectivity index (χ0v) is 14.4. The number of hydrogen-bond donors (Lipinski definition) is 1. The third kappa shape index (κ3) is 2.92. The first-order chi connectivity index (χ1) is 10.9. The van der Waals surface area contributed by atoms with Crippen molar-refractivity contribution in [1.82, 2.24) is 10.2 Å². The van der Waals surface area contributed by atoms with E-state index in [-0.39, 0.29) is 18.2 Å². The van der Waals surface area contributed by atoms with Crippen molar-refractivity contribution in [2.75, 3.05) is 6.54 Å². The van der Waals surface area contributed by atoms with E-state index in [1.165, 1.54) is 0 Å². The van der Waals surface area contributed by atoms with Crippen molar-refractivity contribution in [2.45, 2.75) is 57.9 Å². The highest BCUT2D eigenvalue weighted by atomic mass is 32.1. The first-order valence-corrected chi connectivity index (χ1v) is 8.99. The van der Waals surface area contributed by atoms with Crippen LogP contribution in [0.15, 0.2) is 6.07 Å². The van der Waals surface area contributed by atoms with E-state index in [9.17, 15) is 14.4 Å². The van der Waals surface area contributed by atoms with E-state index in [2.05, 4.69) is 5.32 Å². The Balaban J connectivity index is 1.78. The van der Waals surface area contributed by atoms with Crippen molar-refractivity contribution in [3.05, 3.63) is 21.4 Å². The molecular weight excluding hydrogens is 312 g/mol. The summed E-state index contributed by atoms with van der Waals surface area (Å²) in [5.41, 5.74) is -0.150. The Morgan fingerprint density at radius 1 is 1.22 bits per heavy atom. The standard InChI is InChI=1S/C17H22N2O3S/c1-11-9-13(12(2)23-11)14(20)10-19-15(21)17(18-16(19)22)7-5-3-4-6-8-17/h9H,3-8,10H2,1-2H3,(H,18,22). The number of imide groups is 1. The fourth-order valence-electron chi connectivity index (χ4n) is 3.63. The van der Waals surface area contributed by atoms with Crippen LogP contribution in [0.25, 0.3) is 0 Å². The number of carbonyl (C=O) groups excluding carboxylic acids is 3. The van der Waals surface area contributed by atoms with Crippen LogP contribution >= 0.6 is 11.3 Å². The molecule has 1 saturated heterocycles. The number of nitrogens with one attached hydrogen (secondary N) is 1. The van der Waals surface area contributed by atoms with Crippen molar-refractivity contribution < 1.29 is 14.4 Å². The number of urea groups is 1. The van der Waals surface area contributed by atoms with Gasteiger partial charge in [-0.15, -0.1) is 11.3 Å². The van der Waals surface area contributed by atoms with Gasteiger partial charge in [-0.25, -0.2) is 4.79 Å². The van der Waals surface area contributed by atoms with Crippen molar-refractivity contribution in [2.24, 2.45) is 0 Å². The maximum atomic E-state index is 12.8. The number of nitrogens with zero attached hydrogens (tertiary/aromatic N) is 1. The summed E-state index contributed by atoms with van der Waals surface area (Å²) in [6.45, 7) is 3.68. The Morgan fingerprint density at radius 2 is 1.87 bits per heavy atom. The summed E-state index contributed by atoms with van der Waals surface area (Å²) >= 11 is 1.56. The van der Waals surface area contributed by atoms with Crippen LogP contribution in [0.2, 0.25) is 0 Å². The van der Waals surface area contributed by atoms with Crippen LogP contribution in [0.4, 0.5) is 4.79 Å². The smallest absolute Gasteiger partial charge is 0.323 e. The highest BCUT2D eigenvalue weighted by molar-refractivity contribution is 7.12. The van der Waals surface area contributed by atoms with Crippen molar-refractivity contribution in [1.29, 1.82) is 0 Å². The molecule has 0 atom stereocenters. The second kappa shape index (κ2) is 6.07. The molecule has 23 heavy (non-hydrogen) atoms. The van der Waals surface area contributed by atoms with Crippen LogP contribution in [-0.2, 0) is 4.79 Å². The molecular formula is C17H22N2O3S. The topological polar surface area (TPSA) is 66.5 Å². The molecule has 1 saturated carbocycles. The molecule has 1 aliphatic carbocycles. The SMILES string of the molecule is Cc1cc(C(=O)CN2C(=O)NC3(CCCCCC3)C2=O)c(C)s1. The number of amides is 3. The van der Waals surface area contributed by atoms with Crippen molar-refractivity contribution >= 4 is 29.1 Å². The first kappa shape index (κ1) is 16.2. The van der Waals surface area contributed by atoms with E-state index in [4.69, 9.17) is 0 Å². The fourth-order valence-corrected chi connectivity index (χ4v) is 4.57. The lowest BCUT2D eigenvalue weighted by atomic mass is 9.90. The minimum atomic E-state index is -0.770. The van der Waals surface area contributed by atoms with Crippen LogP contribution < -0.4 is 5.32 Å². The zero-order chi connectivity index (χ0) is 16.6. The van der Waals surface area contributed by atoms with Crippen LogP contribution in [-0.4, -0.2) is 34.7 Å². The molecule has 2 fully saturated rings. The minimum Gasteiger partial charge on any atom is -0.323 e. The molecule has 6 heteroatoms. The molecule has 3 amide bonds. The van der Waals surface area contributed by atoms with Gasteiger partial charge in [0.25, 0.3) is 5.91 Å². The van der Waals surface area contributed by atoms with Gasteiger partial charge in [-0.3, -0.25) is 14.5 Å². The summed E-state index contributed by atoms with van der Waals surface area (Å²) < 4.78 is 0. The highest BCUT2D eigenvalue weighted by Gasteiger charge is 2.51. The summed E-state index contributed by atoms with van der Waals surface area (Å²) in [6, 6.07) is 1.41. The normalized spacial score (nSPS) is 20.7. The highest BCUT2D eigenvalue weighted by Crippen LogP contribution is 2.33. The number of aryl methyl sites for hydroxylation is 2. The summed E-state index contributed by atoms with van der Waals surface area (Å²) in [6.07, 6.45) is 5.43. The van der Waals surface area contributed by atoms with Crippen LogP contribution in [0.1, 0.15) is 58.6 Å². The number of ketones is 1. The van der Waals surface area contributed by atoms with Crippen molar-refractivity contribution in [3.8, 4) is 0 Å². The summed E-state index contributed by atoms with van der Waals surface area (Å²) in [7, 11) is 0. The monoisotopic (exact) mass is 334 g/mol. The number of hydrogen-bond acceptors (Lipinski definition) is 4. The quantitative estimate of drug-likeness (QED) is 0.682. The molecule has 0 aromatic carbocycles. The Hall–Kier alpha value is -1.69. The lowest BCUT2D eigenvalue weighted by Gasteiger charge is -2.24. The van der Waals surface area contributed by atoms with Gasteiger partial charge in [0.1, 0.15) is 5.54 Å². The molecule has 2 aliphatic rings. The maximum Gasteiger partial charge on any atom is 0.325 e. The van der Waals surface area contributed by atoms with Crippen molar-refractivity contribution in [3.63, 3.8) is 0 Å². The van der Waals surface area contributed by atoms with E-state index < -0.39 is 11.6 Å². The molecule has 5 nitrogen and oxygen atoms in total. The number of rotatable bonds is 3. The molecule has 0 bridgehead atoms. The fraction of sp³-hybridized carbons (Fsp3) is 0.588. The van der Waals surface area contributed by atoms with Crippen LogP contribution in [0.5, 0.6) is 0 Å². The molecule has 1 aliphatic heterocycles. The van der Waals surface area contributed by atoms with Gasteiger partial charge in [-0.1, -0.05) is 25.7 Å². The maximum absolute atomic E-state index is 12.8. The molecule has 3 rings (SSSR count). The second-order valence-electron chi connectivity index (χ2n) is 6.57. The van der Waals surface area contributed by atoms with Gasteiger partial charge in [-0.05, 0) is 32.8 Å². The van der Waals surface area contributed by atoms with Gasteiger partial charge in [0, 0.05) is 15.3 Å². The molecule has 1 aromatic rings. The molecule has 124 valence electrons. The van der Waals surface area contributed by atoms with E-state index in [0.29, 0.717) is 18.4 Å². The molecule has 2 heterocycles. The summed E-state index contributed by atoms with van der Waals surface area (Å²) in [5, 5.41) is 2.87. The molecule has 1 aromatic heterocycles. The van der Waals surface area contributed by atoms with Gasteiger partial charge in [0.2, 0.25) is 0 Å². The summed E-state index contributed by atoms with van der Waals surface area (Å²) in [4.78, 5) is 40.7. The Bertz CT molecular complexity index is 657. The van der Waals surface area contributed by atoms with Gasteiger partial charge in [0.15, 0.2) is 5.78 Å². The van der Waals surface area contributed by atoms with E-state index in [0.717, 1.165) is 40.3 Å². The van der Waals surface area contributed by atoms with Gasteiger partial charge >= 0.3 is 6.03 Å². The number of Topliss-reactive ketones (excluding diaryl/α,β-unsaturated/α-hetero) is 1. The van der Waals surface area contributed by atoms with Gasteiger partial charge < -0.3 is 5.32 Å².